The topological polar surface area (TPSA) is 6.25 Å². The van der Waals surface area contributed by atoms with Gasteiger partial charge in [0.05, 0.1) is 27.2 Å². The summed E-state index contributed by atoms with van der Waals surface area (Å²) in [6.07, 6.45) is 2.07. The Morgan fingerprint density at radius 1 is 1.00 bits per heavy atom. The van der Waals surface area contributed by atoms with Gasteiger partial charge in [0.15, 0.2) is 0 Å². The molecule has 0 bridgehead atoms. The summed E-state index contributed by atoms with van der Waals surface area (Å²) in [7, 11) is 31.1. The zero-order valence-electron chi connectivity index (χ0n) is 9.76. The van der Waals surface area contributed by atoms with Crippen LogP contribution in [-0.2, 0) is 0 Å². The van der Waals surface area contributed by atoms with E-state index in [1.165, 1.54) is 0 Å². The maximum absolute atomic E-state index is 5.42. The van der Waals surface area contributed by atoms with Gasteiger partial charge in [-0.1, -0.05) is 0 Å². The molecule has 16 heavy (non-hydrogen) atoms. The van der Waals surface area contributed by atoms with Gasteiger partial charge < -0.3 is 0 Å². The van der Waals surface area contributed by atoms with Crippen molar-refractivity contribution in [1.82, 2.24) is 4.90 Å². The van der Waals surface area contributed by atoms with Gasteiger partial charge in [-0.05, 0) is 13.8 Å². The second kappa shape index (κ2) is 5.99. The molecular weight excluding hydrogens is 447 g/mol. The molecule has 0 aromatic rings. The van der Waals surface area contributed by atoms with Crippen LogP contribution in [0.1, 0.15) is 13.8 Å². The second-order valence-electron chi connectivity index (χ2n) is 3.80. The van der Waals surface area contributed by atoms with Crippen LogP contribution in [0.5, 0.6) is 0 Å². The summed E-state index contributed by atoms with van der Waals surface area (Å²) in [6.45, 7) is 4.33. The summed E-state index contributed by atoms with van der Waals surface area (Å²) < 4.78 is 2.04. The standard InChI is InChI=1S/C7H17N2.6ClH.Sb/c1-7(2)9(5)6-8(3)4;;;;;;;/h6-7H,1-5H3;6*1H;/q+1;;;;;;;+5/p-6. The number of halogens is 6. The van der Waals surface area contributed by atoms with Gasteiger partial charge in [-0.25, -0.2) is 0 Å². The van der Waals surface area contributed by atoms with Crippen LogP contribution in [-0.4, -0.2) is 52.1 Å². The molecule has 0 fully saturated rings. The van der Waals surface area contributed by atoms with E-state index < -0.39 is 9.14 Å². The van der Waals surface area contributed by atoms with Crippen molar-refractivity contribution in [3.8, 4) is 0 Å². The third-order valence-electron chi connectivity index (χ3n) is 1.23. The number of nitrogens with zero attached hydrogens (tertiary/aromatic N) is 2. The van der Waals surface area contributed by atoms with E-state index in [-0.39, 0.29) is 0 Å². The van der Waals surface area contributed by atoms with Crippen LogP contribution in [0.4, 0.5) is 0 Å². The van der Waals surface area contributed by atoms with E-state index in [0.717, 1.165) is 0 Å². The summed E-state index contributed by atoms with van der Waals surface area (Å²) in [6, 6.07) is 0.590. The van der Waals surface area contributed by atoms with Crippen LogP contribution in [0, 0.1) is 0 Å². The fourth-order valence-corrected chi connectivity index (χ4v) is 0.498. The molecule has 2 nitrogen and oxygen atoms in total. The van der Waals surface area contributed by atoms with Gasteiger partial charge in [-0.3, -0.25) is 9.48 Å². The molecule has 0 aliphatic rings. The van der Waals surface area contributed by atoms with Crippen molar-refractivity contribution in [3.63, 3.8) is 0 Å². The van der Waals surface area contributed by atoms with Crippen LogP contribution in [0.3, 0.4) is 0 Å². The van der Waals surface area contributed by atoms with Crippen molar-refractivity contribution < 1.29 is 4.58 Å². The third-order valence-corrected chi connectivity index (χ3v) is 1.23. The molecule has 0 saturated carbocycles. The van der Waals surface area contributed by atoms with Gasteiger partial charge in [0.25, 0.3) is 0 Å². The molecule has 0 saturated heterocycles. The van der Waals surface area contributed by atoms with Gasteiger partial charge in [0.1, 0.15) is 0 Å². The predicted octanol–water partition coefficient (Wildman–Crippen LogP) is 4.38. The molecule has 0 N–H and O–H groups in total. The van der Waals surface area contributed by atoms with Crippen LogP contribution < -0.4 is 0 Å². The molecular formula is C7H17Cl6N2Sb. The quantitative estimate of drug-likeness (QED) is 0.255. The Morgan fingerprint density at radius 2 is 1.25 bits per heavy atom. The first-order valence-electron chi connectivity index (χ1n) is 4.29. The van der Waals surface area contributed by atoms with E-state index in [1.54, 1.807) is 0 Å². The van der Waals surface area contributed by atoms with Crippen molar-refractivity contribution in [1.29, 1.82) is 0 Å². The molecule has 0 radical (unpaired) electrons. The molecule has 102 valence electrons. The molecule has 0 aliphatic carbocycles. The molecule has 0 heterocycles. The first kappa shape index (κ1) is 20.3. The second-order valence-corrected chi connectivity index (χ2v) is 60.7. The number of hydrogen-bond acceptors (Lipinski definition) is 0. The monoisotopic (exact) mass is 460 g/mol. The zero-order valence-corrected chi connectivity index (χ0v) is 16.9. The van der Waals surface area contributed by atoms with Gasteiger partial charge in [-0.2, -0.15) is 0 Å². The maximum atomic E-state index is 5.06. The summed E-state index contributed by atoms with van der Waals surface area (Å²) in [5.41, 5.74) is 0. The number of hydrogen-bond donors (Lipinski definition) is 0. The fourth-order valence-electron chi connectivity index (χ4n) is 0.498. The average molecular weight is 464 g/mol. The summed E-state index contributed by atoms with van der Waals surface area (Å²) in [5, 5.41) is 0. The first-order valence-corrected chi connectivity index (χ1v) is 23.7. The van der Waals surface area contributed by atoms with Crippen LogP contribution >= 0.6 is 53.0 Å². The third kappa shape index (κ3) is 36.0. The minimum atomic E-state index is -5.42. The zero-order chi connectivity index (χ0) is 13.8. The van der Waals surface area contributed by atoms with Gasteiger partial charge in [0.2, 0.25) is 6.34 Å². The van der Waals surface area contributed by atoms with Gasteiger partial charge in [-0.15, -0.1) is 0 Å². The van der Waals surface area contributed by atoms with E-state index in [9.17, 15) is 0 Å². The summed E-state index contributed by atoms with van der Waals surface area (Å²) in [5.74, 6) is 0. The Morgan fingerprint density at radius 3 is 1.31 bits per heavy atom. The summed E-state index contributed by atoms with van der Waals surface area (Å²) >= 11 is 0. The van der Waals surface area contributed by atoms with Crippen molar-refractivity contribution >= 4 is 68.5 Å². The predicted molar refractivity (Wildman–Crippen MR) is 81.9 cm³/mol. The van der Waals surface area contributed by atoms with E-state index in [2.05, 4.69) is 32.1 Å². The molecule has 0 amide bonds. The molecule has 0 aromatic carbocycles. The van der Waals surface area contributed by atoms with Gasteiger partial charge in [0, 0.05) is 0 Å². The fraction of sp³-hybridized carbons (Fsp3) is 0.857. The molecule has 0 unspecified atom stereocenters. The number of rotatable bonds is 2. The Labute approximate surface area is 118 Å². The molecule has 0 aromatic heterocycles. The minimum absolute atomic E-state index is 0.590. The van der Waals surface area contributed by atoms with Crippen LogP contribution in [0.25, 0.3) is 0 Å². The molecule has 0 spiro atoms. The SMILES string of the molecule is CC(C)N(C)C=[N+](C)C.[Cl][Sb-]([Cl])([Cl])([Cl])([Cl])[Cl]. The van der Waals surface area contributed by atoms with Crippen LogP contribution in [0.2, 0.25) is 0 Å². The average Bonchev–Trinajstić information content (AvgIpc) is 1.77. The normalized spacial score (nSPS) is 15.5. The van der Waals surface area contributed by atoms with Gasteiger partial charge >= 0.3 is 62.1 Å². The molecule has 0 aliphatic heterocycles. The molecule has 0 rings (SSSR count). The Hall–Kier alpha value is 2.03. The van der Waals surface area contributed by atoms with E-state index in [4.69, 9.17) is 53.0 Å². The van der Waals surface area contributed by atoms with Crippen molar-refractivity contribution in [3.05, 3.63) is 0 Å². The Bertz CT molecular complexity index is 238. The van der Waals surface area contributed by atoms with E-state index >= 15 is 0 Å². The summed E-state index contributed by atoms with van der Waals surface area (Å²) in [4.78, 5) is 2.17. The Kier molecular flexibility index (Phi) is 7.62. The molecule has 9 heteroatoms. The first-order chi connectivity index (χ1) is 6.49. The van der Waals surface area contributed by atoms with Crippen LogP contribution in [0.15, 0.2) is 0 Å². The van der Waals surface area contributed by atoms with Crippen molar-refractivity contribution in [2.75, 3.05) is 21.1 Å². The van der Waals surface area contributed by atoms with E-state index in [1.807, 2.05) is 18.7 Å². The van der Waals surface area contributed by atoms with Crippen molar-refractivity contribution in [2.24, 2.45) is 0 Å². The molecule has 0 atom stereocenters. The van der Waals surface area contributed by atoms with E-state index in [0.29, 0.717) is 6.04 Å². The Balaban J connectivity index is 0. The van der Waals surface area contributed by atoms with Crippen molar-refractivity contribution in [2.45, 2.75) is 19.9 Å².